The van der Waals surface area contributed by atoms with E-state index in [1.807, 2.05) is 0 Å². The minimum absolute atomic E-state index is 0.710. The molecule has 3 heteroatoms. The van der Waals surface area contributed by atoms with Gasteiger partial charge < -0.3 is 9.64 Å². The third-order valence-electron chi connectivity index (χ3n) is 5.45. The van der Waals surface area contributed by atoms with E-state index < -0.39 is 0 Å². The van der Waals surface area contributed by atoms with Gasteiger partial charge in [-0.3, -0.25) is 4.90 Å². The molecule has 0 bridgehead atoms. The Morgan fingerprint density at radius 2 is 2.09 bits per heavy atom. The first kappa shape index (κ1) is 16.8. The van der Waals surface area contributed by atoms with Gasteiger partial charge in [0.05, 0.1) is 6.61 Å². The Labute approximate surface area is 141 Å². The molecule has 0 saturated carbocycles. The molecule has 0 aromatic heterocycles. The Morgan fingerprint density at radius 3 is 2.91 bits per heavy atom. The van der Waals surface area contributed by atoms with Crippen molar-refractivity contribution in [2.75, 3.05) is 33.3 Å². The van der Waals surface area contributed by atoms with E-state index in [4.69, 9.17) is 4.74 Å². The van der Waals surface area contributed by atoms with Crippen molar-refractivity contribution in [2.45, 2.75) is 58.0 Å². The van der Waals surface area contributed by atoms with Gasteiger partial charge in [0, 0.05) is 19.1 Å². The molecule has 2 aliphatic rings. The highest BCUT2D eigenvalue weighted by Gasteiger charge is 2.19. The number of piperidine rings is 1. The molecule has 0 N–H and O–H groups in total. The van der Waals surface area contributed by atoms with Crippen molar-refractivity contribution in [1.29, 1.82) is 0 Å². The molecule has 0 aliphatic carbocycles. The number of rotatable bonds is 6. The van der Waals surface area contributed by atoms with E-state index >= 15 is 0 Å². The lowest BCUT2D eigenvalue weighted by Gasteiger charge is -2.32. The molecule has 1 atom stereocenters. The van der Waals surface area contributed by atoms with E-state index in [2.05, 4.69) is 42.0 Å². The number of hydrogen-bond acceptors (Lipinski definition) is 3. The summed E-state index contributed by atoms with van der Waals surface area (Å²) >= 11 is 0. The zero-order valence-electron chi connectivity index (χ0n) is 14.9. The normalized spacial score (nSPS) is 22.8. The Kier molecular flexibility index (Phi) is 5.96. The molecule has 2 aliphatic heterocycles. The maximum absolute atomic E-state index is 6.07. The van der Waals surface area contributed by atoms with Crippen LogP contribution in [0, 0.1) is 0 Å². The van der Waals surface area contributed by atoms with Crippen LogP contribution in [0.2, 0.25) is 0 Å². The second-order valence-corrected chi connectivity index (χ2v) is 7.22. The molecule has 1 aromatic carbocycles. The fraction of sp³-hybridized carbons (Fsp3) is 0.700. The predicted molar refractivity (Wildman–Crippen MR) is 96.1 cm³/mol. The zero-order chi connectivity index (χ0) is 16.1. The fourth-order valence-electron chi connectivity index (χ4n) is 4.01. The molecule has 3 nitrogen and oxygen atoms in total. The van der Waals surface area contributed by atoms with Crippen LogP contribution < -0.4 is 4.74 Å². The minimum Gasteiger partial charge on any atom is -0.494 e. The fourth-order valence-corrected chi connectivity index (χ4v) is 4.01. The summed E-state index contributed by atoms with van der Waals surface area (Å²) in [6.45, 7) is 7.85. The molecule has 1 saturated heterocycles. The zero-order valence-corrected chi connectivity index (χ0v) is 14.9. The summed E-state index contributed by atoms with van der Waals surface area (Å²) in [5, 5.41) is 0. The standard InChI is InChI=1S/C20H32N2O/c1-3-11-22-13-9-17-7-8-20(15-18(17)16-22)23-14-10-19-6-4-5-12-21(19)2/h7-8,15,19H,3-6,9-14,16H2,1-2H3. The molecule has 2 heterocycles. The lowest BCUT2D eigenvalue weighted by molar-refractivity contribution is 0.153. The van der Waals surface area contributed by atoms with E-state index in [-0.39, 0.29) is 0 Å². The Hall–Kier alpha value is -1.06. The number of hydrogen-bond donors (Lipinski definition) is 0. The average Bonchev–Trinajstić information content (AvgIpc) is 2.57. The van der Waals surface area contributed by atoms with Gasteiger partial charge in [-0.15, -0.1) is 0 Å². The van der Waals surface area contributed by atoms with Crippen molar-refractivity contribution in [1.82, 2.24) is 9.80 Å². The summed E-state index contributed by atoms with van der Waals surface area (Å²) in [7, 11) is 2.25. The molecular formula is C20H32N2O. The topological polar surface area (TPSA) is 15.7 Å². The highest BCUT2D eigenvalue weighted by atomic mass is 16.5. The number of nitrogens with zero attached hydrogens (tertiary/aromatic N) is 2. The maximum atomic E-state index is 6.07. The van der Waals surface area contributed by atoms with E-state index in [1.54, 1.807) is 0 Å². The SMILES string of the molecule is CCCN1CCc2ccc(OCCC3CCCCN3C)cc2C1. The molecule has 0 spiro atoms. The van der Waals surface area contributed by atoms with Crippen LogP contribution in [-0.2, 0) is 13.0 Å². The molecule has 1 unspecified atom stereocenters. The number of benzene rings is 1. The van der Waals surface area contributed by atoms with Crippen molar-refractivity contribution in [3.8, 4) is 5.75 Å². The molecule has 0 amide bonds. The highest BCUT2D eigenvalue weighted by Crippen LogP contribution is 2.25. The van der Waals surface area contributed by atoms with E-state index in [9.17, 15) is 0 Å². The van der Waals surface area contributed by atoms with Crippen LogP contribution in [-0.4, -0.2) is 49.1 Å². The minimum atomic E-state index is 0.710. The van der Waals surface area contributed by atoms with Gasteiger partial charge in [0.25, 0.3) is 0 Å². The second kappa shape index (κ2) is 8.16. The number of fused-ring (bicyclic) bond motifs is 1. The lowest BCUT2D eigenvalue weighted by atomic mass is 9.99. The van der Waals surface area contributed by atoms with Gasteiger partial charge in [0.2, 0.25) is 0 Å². The summed E-state index contributed by atoms with van der Waals surface area (Å²) < 4.78 is 6.07. The first-order valence-corrected chi connectivity index (χ1v) is 9.43. The summed E-state index contributed by atoms with van der Waals surface area (Å²) in [5.41, 5.74) is 2.98. The summed E-state index contributed by atoms with van der Waals surface area (Å²) in [4.78, 5) is 5.06. The van der Waals surface area contributed by atoms with Crippen LogP contribution in [0.15, 0.2) is 18.2 Å². The summed E-state index contributed by atoms with van der Waals surface area (Å²) in [6, 6.07) is 7.43. The van der Waals surface area contributed by atoms with Crippen LogP contribution in [0.5, 0.6) is 5.75 Å². The van der Waals surface area contributed by atoms with Crippen LogP contribution in [0.4, 0.5) is 0 Å². The lowest BCUT2D eigenvalue weighted by Crippen LogP contribution is -2.37. The first-order valence-electron chi connectivity index (χ1n) is 9.43. The number of likely N-dealkylation sites (tertiary alicyclic amines) is 1. The van der Waals surface area contributed by atoms with E-state index in [0.717, 1.165) is 25.3 Å². The quantitative estimate of drug-likeness (QED) is 0.796. The van der Waals surface area contributed by atoms with Gasteiger partial charge >= 0.3 is 0 Å². The molecule has 0 radical (unpaired) electrons. The van der Waals surface area contributed by atoms with Gasteiger partial charge in [0.15, 0.2) is 0 Å². The highest BCUT2D eigenvalue weighted by molar-refractivity contribution is 5.37. The monoisotopic (exact) mass is 316 g/mol. The Bertz CT molecular complexity index is 502. The largest absolute Gasteiger partial charge is 0.494 e. The van der Waals surface area contributed by atoms with Crippen molar-refractivity contribution >= 4 is 0 Å². The first-order chi connectivity index (χ1) is 11.3. The second-order valence-electron chi connectivity index (χ2n) is 7.22. The summed E-state index contributed by atoms with van der Waals surface area (Å²) in [5.74, 6) is 1.06. The van der Waals surface area contributed by atoms with Crippen molar-refractivity contribution < 1.29 is 4.74 Å². The van der Waals surface area contributed by atoms with Crippen molar-refractivity contribution in [3.05, 3.63) is 29.3 Å². The van der Waals surface area contributed by atoms with E-state index in [1.165, 1.54) is 62.9 Å². The average molecular weight is 316 g/mol. The molecule has 1 fully saturated rings. The van der Waals surface area contributed by atoms with Crippen LogP contribution in [0.25, 0.3) is 0 Å². The van der Waals surface area contributed by atoms with Gasteiger partial charge in [-0.1, -0.05) is 19.4 Å². The Balaban J connectivity index is 1.52. The van der Waals surface area contributed by atoms with Crippen LogP contribution in [0.1, 0.15) is 50.2 Å². The molecule has 128 valence electrons. The molecular weight excluding hydrogens is 284 g/mol. The maximum Gasteiger partial charge on any atom is 0.119 e. The summed E-state index contributed by atoms with van der Waals surface area (Å²) in [6.07, 6.45) is 7.63. The third kappa shape index (κ3) is 4.48. The van der Waals surface area contributed by atoms with Gasteiger partial charge in [-0.2, -0.15) is 0 Å². The molecule has 3 rings (SSSR count). The van der Waals surface area contributed by atoms with E-state index in [0.29, 0.717) is 6.04 Å². The third-order valence-corrected chi connectivity index (χ3v) is 5.45. The van der Waals surface area contributed by atoms with Gasteiger partial charge in [-0.25, -0.2) is 0 Å². The van der Waals surface area contributed by atoms with Crippen LogP contribution >= 0.6 is 0 Å². The smallest absolute Gasteiger partial charge is 0.119 e. The molecule has 1 aromatic rings. The van der Waals surface area contributed by atoms with Crippen LogP contribution in [0.3, 0.4) is 0 Å². The molecule has 23 heavy (non-hydrogen) atoms. The van der Waals surface area contributed by atoms with Crippen molar-refractivity contribution in [2.24, 2.45) is 0 Å². The van der Waals surface area contributed by atoms with Crippen molar-refractivity contribution in [3.63, 3.8) is 0 Å². The number of ether oxygens (including phenoxy) is 1. The predicted octanol–water partition coefficient (Wildman–Crippen LogP) is 3.71. The van der Waals surface area contributed by atoms with Gasteiger partial charge in [0.1, 0.15) is 5.75 Å². The van der Waals surface area contributed by atoms with Gasteiger partial charge in [-0.05, 0) is 75.5 Å². The Morgan fingerprint density at radius 1 is 1.17 bits per heavy atom.